The zero-order valence-corrected chi connectivity index (χ0v) is 17.6. The van der Waals surface area contributed by atoms with Crippen LogP contribution < -0.4 is 15.0 Å². The summed E-state index contributed by atoms with van der Waals surface area (Å²) < 4.78 is 17.0. The first-order valence-corrected chi connectivity index (χ1v) is 9.44. The molecule has 0 aliphatic carbocycles. The second kappa shape index (κ2) is 8.54. The molecular weight excluding hydrogens is 388 g/mol. The number of rotatable bonds is 6. The molecule has 8 heteroatoms. The van der Waals surface area contributed by atoms with Gasteiger partial charge in [0.15, 0.2) is 11.5 Å². The van der Waals surface area contributed by atoms with Crippen LogP contribution in [0, 0.1) is 13.8 Å². The van der Waals surface area contributed by atoms with E-state index in [1.165, 1.54) is 18.8 Å². The van der Waals surface area contributed by atoms with Gasteiger partial charge in [0.25, 0.3) is 5.56 Å². The minimum atomic E-state index is -0.488. The highest BCUT2D eigenvalue weighted by molar-refractivity contribution is 5.99. The fraction of sp³-hybridized carbons (Fsp3) is 0.318. The number of carbonyl (C=O) groups is 1. The summed E-state index contributed by atoms with van der Waals surface area (Å²) in [5.41, 5.74) is 1.94. The fourth-order valence-corrected chi connectivity index (χ4v) is 3.59. The van der Waals surface area contributed by atoms with Gasteiger partial charge in [0.2, 0.25) is 0 Å². The van der Waals surface area contributed by atoms with Gasteiger partial charge in [0, 0.05) is 6.07 Å². The molecule has 1 N–H and O–H groups in total. The Morgan fingerprint density at radius 1 is 1.13 bits per heavy atom. The van der Waals surface area contributed by atoms with E-state index in [1.807, 2.05) is 0 Å². The van der Waals surface area contributed by atoms with Crippen LogP contribution in [-0.4, -0.2) is 41.5 Å². The molecule has 0 atom stereocenters. The number of carbonyl (C=O) groups excluding carboxylic acids is 1. The first kappa shape index (κ1) is 21.3. The van der Waals surface area contributed by atoms with Crippen LogP contribution in [0.2, 0.25) is 0 Å². The summed E-state index contributed by atoms with van der Waals surface area (Å²) in [4.78, 5) is 30.5. The maximum absolute atomic E-state index is 13.5. The fourth-order valence-electron chi connectivity index (χ4n) is 3.59. The molecule has 30 heavy (non-hydrogen) atoms. The van der Waals surface area contributed by atoms with E-state index in [1.54, 1.807) is 45.0 Å². The van der Waals surface area contributed by atoms with E-state index in [0.29, 0.717) is 39.4 Å². The Hall–Kier alpha value is -3.39. The largest absolute Gasteiger partial charge is 0.493 e. The molecule has 0 spiro atoms. The summed E-state index contributed by atoms with van der Waals surface area (Å²) in [6.45, 7) is 4.97. The molecule has 0 saturated heterocycles. The van der Waals surface area contributed by atoms with Crippen LogP contribution in [0.25, 0.3) is 16.6 Å². The molecule has 0 aliphatic heterocycles. The zero-order chi connectivity index (χ0) is 22.0. The lowest BCUT2D eigenvalue weighted by Crippen LogP contribution is -2.25. The Balaban J connectivity index is 2.37. The van der Waals surface area contributed by atoms with Gasteiger partial charge in [0.05, 0.1) is 43.0 Å². The lowest BCUT2D eigenvalue weighted by atomic mass is 9.98. The van der Waals surface area contributed by atoms with E-state index in [-0.39, 0.29) is 17.8 Å². The number of benzene rings is 2. The second-order valence-electron chi connectivity index (χ2n) is 6.67. The summed E-state index contributed by atoms with van der Waals surface area (Å²) in [5.74, 6) is 0.615. The van der Waals surface area contributed by atoms with Gasteiger partial charge in [-0.2, -0.15) is 0 Å². The van der Waals surface area contributed by atoms with Crippen LogP contribution >= 0.6 is 0 Å². The first-order valence-electron chi connectivity index (χ1n) is 9.44. The molecule has 1 heterocycles. The third-order valence-electron chi connectivity index (χ3n) is 4.92. The zero-order valence-electron chi connectivity index (χ0n) is 17.6. The van der Waals surface area contributed by atoms with Gasteiger partial charge in [-0.3, -0.25) is 9.36 Å². The molecule has 0 saturated carbocycles. The van der Waals surface area contributed by atoms with Gasteiger partial charge >= 0.3 is 5.97 Å². The van der Waals surface area contributed by atoms with Crippen molar-refractivity contribution < 1.29 is 24.1 Å². The van der Waals surface area contributed by atoms with Crippen molar-refractivity contribution >= 4 is 16.9 Å². The van der Waals surface area contributed by atoms with Crippen LogP contribution in [-0.2, 0) is 11.3 Å². The summed E-state index contributed by atoms with van der Waals surface area (Å²) in [7, 11) is 3.01. The van der Waals surface area contributed by atoms with Crippen LogP contribution in [0.5, 0.6) is 11.5 Å². The third kappa shape index (κ3) is 3.50. The Morgan fingerprint density at radius 2 is 1.83 bits per heavy atom. The molecule has 3 aromatic rings. The van der Waals surface area contributed by atoms with Crippen molar-refractivity contribution in [1.82, 2.24) is 9.55 Å². The summed E-state index contributed by atoms with van der Waals surface area (Å²) in [6, 6.07) is 6.62. The van der Waals surface area contributed by atoms with Crippen molar-refractivity contribution in [2.24, 2.45) is 0 Å². The molecule has 0 unspecified atom stereocenters. The average Bonchev–Trinajstić information content (AvgIpc) is 2.72. The van der Waals surface area contributed by atoms with Gasteiger partial charge in [-0.15, -0.1) is 0 Å². The third-order valence-corrected chi connectivity index (χ3v) is 4.92. The molecule has 0 bridgehead atoms. The number of methoxy groups -OCH3 is 2. The Kier molecular flexibility index (Phi) is 6.07. The molecule has 2 aromatic carbocycles. The van der Waals surface area contributed by atoms with Gasteiger partial charge in [-0.25, -0.2) is 9.78 Å². The molecular formula is C22H24N2O6. The molecule has 8 nitrogen and oxygen atoms in total. The highest BCUT2D eigenvalue weighted by Gasteiger charge is 2.21. The Bertz CT molecular complexity index is 1180. The molecule has 0 radical (unpaired) electrons. The lowest BCUT2D eigenvalue weighted by Gasteiger charge is -2.17. The first-order chi connectivity index (χ1) is 14.4. The van der Waals surface area contributed by atoms with Gasteiger partial charge in [-0.05, 0) is 50.1 Å². The topological polar surface area (TPSA) is 99.9 Å². The maximum Gasteiger partial charge on any atom is 0.338 e. The number of nitrogens with zero attached hydrogens (tertiary/aromatic N) is 2. The van der Waals surface area contributed by atoms with E-state index in [0.717, 1.165) is 0 Å². The predicted molar refractivity (Wildman–Crippen MR) is 112 cm³/mol. The highest BCUT2D eigenvalue weighted by atomic mass is 16.5. The minimum Gasteiger partial charge on any atom is -0.493 e. The summed E-state index contributed by atoms with van der Waals surface area (Å²) in [5, 5.41) is 10.2. The van der Waals surface area contributed by atoms with E-state index in [4.69, 9.17) is 14.2 Å². The van der Waals surface area contributed by atoms with Crippen molar-refractivity contribution in [2.75, 3.05) is 20.8 Å². The number of ether oxygens (including phenoxy) is 3. The number of aliphatic hydroxyl groups excluding tert-OH is 1. The molecule has 1 aromatic heterocycles. The van der Waals surface area contributed by atoms with Gasteiger partial charge < -0.3 is 19.3 Å². The predicted octanol–water partition coefficient (Wildman–Crippen LogP) is 2.69. The van der Waals surface area contributed by atoms with Crippen LogP contribution in [0.4, 0.5) is 0 Å². The standard InChI is InChI=1S/C22H24N2O6/c1-6-30-22(27)19-12(2)9-15-20(13(19)3)21(26)24(18(11-25)23-15)14-7-8-16(28-4)17(10-14)29-5/h7-10,25H,6,11H2,1-5H3. The molecule has 0 amide bonds. The smallest absolute Gasteiger partial charge is 0.338 e. The van der Waals surface area contributed by atoms with Gasteiger partial charge in [-0.1, -0.05) is 0 Å². The number of hydrogen-bond donors (Lipinski definition) is 1. The monoisotopic (exact) mass is 412 g/mol. The Labute approximate surface area is 173 Å². The summed E-state index contributed by atoms with van der Waals surface area (Å²) in [6.07, 6.45) is 0. The normalized spacial score (nSPS) is 10.9. The van der Waals surface area contributed by atoms with Crippen molar-refractivity contribution in [3.63, 3.8) is 0 Å². The molecule has 3 rings (SSSR count). The number of aliphatic hydroxyl groups is 1. The van der Waals surface area contributed by atoms with Crippen molar-refractivity contribution in [1.29, 1.82) is 0 Å². The molecule has 0 fully saturated rings. The van der Waals surface area contributed by atoms with Gasteiger partial charge in [0.1, 0.15) is 12.4 Å². The average molecular weight is 412 g/mol. The van der Waals surface area contributed by atoms with E-state index in [9.17, 15) is 14.7 Å². The number of aryl methyl sites for hydroxylation is 2. The van der Waals surface area contributed by atoms with Crippen LogP contribution in [0.3, 0.4) is 0 Å². The number of aromatic nitrogens is 2. The minimum absolute atomic E-state index is 0.169. The van der Waals surface area contributed by atoms with E-state index < -0.39 is 18.1 Å². The SMILES string of the molecule is CCOC(=O)c1c(C)cc2nc(CO)n(-c3ccc(OC)c(OC)c3)c(=O)c2c1C. The Morgan fingerprint density at radius 3 is 2.43 bits per heavy atom. The maximum atomic E-state index is 13.5. The highest BCUT2D eigenvalue weighted by Crippen LogP contribution is 2.30. The number of esters is 1. The number of fused-ring (bicyclic) bond motifs is 1. The van der Waals surface area contributed by atoms with E-state index in [2.05, 4.69) is 4.98 Å². The van der Waals surface area contributed by atoms with Crippen LogP contribution in [0.1, 0.15) is 34.2 Å². The molecule has 158 valence electrons. The van der Waals surface area contributed by atoms with Crippen molar-refractivity contribution in [2.45, 2.75) is 27.4 Å². The lowest BCUT2D eigenvalue weighted by molar-refractivity contribution is 0.0525. The molecule has 0 aliphatic rings. The van der Waals surface area contributed by atoms with E-state index >= 15 is 0 Å². The van der Waals surface area contributed by atoms with Crippen LogP contribution in [0.15, 0.2) is 29.1 Å². The van der Waals surface area contributed by atoms with Crippen molar-refractivity contribution in [3.05, 3.63) is 57.1 Å². The number of hydrogen-bond acceptors (Lipinski definition) is 7. The second-order valence-corrected chi connectivity index (χ2v) is 6.67. The summed E-state index contributed by atoms with van der Waals surface area (Å²) >= 11 is 0. The van der Waals surface area contributed by atoms with Crippen molar-refractivity contribution in [3.8, 4) is 17.2 Å². The quantitative estimate of drug-likeness (QED) is 0.621.